The van der Waals surface area contributed by atoms with E-state index in [1.165, 1.54) is 19.2 Å². The lowest BCUT2D eigenvalue weighted by molar-refractivity contribution is 0.0996. The van der Waals surface area contributed by atoms with Crippen LogP contribution in [0.2, 0.25) is 5.02 Å². The molecule has 0 aliphatic heterocycles. The van der Waals surface area contributed by atoms with Gasteiger partial charge in [0.1, 0.15) is 5.75 Å². The third-order valence-corrected chi connectivity index (χ3v) is 3.18. The molecule has 0 atom stereocenters. The summed E-state index contributed by atoms with van der Waals surface area (Å²) in [7, 11) is 1.46. The summed E-state index contributed by atoms with van der Waals surface area (Å²) in [5.41, 5.74) is 6.17. The zero-order valence-electron chi connectivity index (χ0n) is 11.2. The zero-order valence-corrected chi connectivity index (χ0v) is 12.0. The molecule has 2 amide bonds. The molecule has 6 heteroatoms. The van der Waals surface area contributed by atoms with Gasteiger partial charge in [0.15, 0.2) is 0 Å². The maximum atomic E-state index is 12.2. The molecule has 0 saturated carbocycles. The number of hydrogen-bond donors (Lipinski definition) is 2. The van der Waals surface area contributed by atoms with E-state index in [0.717, 1.165) is 0 Å². The van der Waals surface area contributed by atoms with Crippen molar-refractivity contribution in [2.75, 3.05) is 12.4 Å². The van der Waals surface area contributed by atoms with Gasteiger partial charge in [-0.25, -0.2) is 0 Å². The molecule has 0 spiro atoms. The summed E-state index contributed by atoms with van der Waals surface area (Å²) in [5.74, 6) is -0.577. The molecule has 0 fully saturated rings. The molecular formula is C15H13ClN2O3. The number of benzene rings is 2. The zero-order chi connectivity index (χ0) is 15.4. The first-order valence-corrected chi connectivity index (χ1v) is 6.44. The van der Waals surface area contributed by atoms with Crippen molar-refractivity contribution in [1.29, 1.82) is 0 Å². The Labute approximate surface area is 126 Å². The van der Waals surface area contributed by atoms with Crippen molar-refractivity contribution < 1.29 is 14.3 Å². The molecule has 0 unspecified atom stereocenters. The minimum atomic E-state index is -0.592. The number of primary amides is 1. The number of halogens is 1. The molecule has 5 nitrogen and oxygen atoms in total. The molecule has 0 bridgehead atoms. The highest BCUT2D eigenvalue weighted by Gasteiger charge is 2.14. The van der Waals surface area contributed by atoms with Crippen LogP contribution >= 0.6 is 11.6 Å². The van der Waals surface area contributed by atoms with Crippen molar-refractivity contribution >= 4 is 29.1 Å². The fourth-order valence-corrected chi connectivity index (χ4v) is 2.02. The summed E-state index contributed by atoms with van der Waals surface area (Å²) in [6.45, 7) is 0. The van der Waals surface area contributed by atoms with Gasteiger partial charge in [-0.3, -0.25) is 9.59 Å². The predicted molar refractivity (Wildman–Crippen MR) is 80.9 cm³/mol. The molecule has 108 valence electrons. The van der Waals surface area contributed by atoms with Crippen molar-refractivity contribution in [3.63, 3.8) is 0 Å². The topological polar surface area (TPSA) is 81.4 Å². The number of carbonyl (C=O) groups is 2. The number of nitrogens with two attached hydrogens (primary N) is 1. The van der Waals surface area contributed by atoms with E-state index in [-0.39, 0.29) is 5.56 Å². The Morgan fingerprint density at radius 1 is 1.19 bits per heavy atom. The molecule has 2 aromatic rings. The van der Waals surface area contributed by atoms with E-state index in [2.05, 4.69) is 5.32 Å². The number of hydrogen-bond acceptors (Lipinski definition) is 3. The Bertz CT molecular complexity index is 701. The van der Waals surface area contributed by atoms with Gasteiger partial charge in [0.25, 0.3) is 5.91 Å². The van der Waals surface area contributed by atoms with Gasteiger partial charge < -0.3 is 15.8 Å². The maximum Gasteiger partial charge on any atom is 0.257 e. The van der Waals surface area contributed by atoms with Crippen LogP contribution in [-0.4, -0.2) is 18.9 Å². The fourth-order valence-electron chi connectivity index (χ4n) is 1.79. The minimum absolute atomic E-state index is 0.269. The number of anilines is 1. The first-order chi connectivity index (χ1) is 10.0. The highest BCUT2D eigenvalue weighted by molar-refractivity contribution is 6.34. The average molecular weight is 305 g/mol. The van der Waals surface area contributed by atoms with E-state index < -0.39 is 11.8 Å². The van der Waals surface area contributed by atoms with Crippen LogP contribution in [0.1, 0.15) is 20.7 Å². The summed E-state index contributed by atoms with van der Waals surface area (Å²) in [6.07, 6.45) is 0. The number of rotatable bonds is 4. The van der Waals surface area contributed by atoms with Gasteiger partial charge in [-0.2, -0.15) is 0 Å². The number of ether oxygens (including phenoxy) is 1. The van der Waals surface area contributed by atoms with Crippen molar-refractivity contribution in [1.82, 2.24) is 0 Å². The summed E-state index contributed by atoms with van der Waals surface area (Å²) in [4.78, 5) is 23.4. The Morgan fingerprint density at radius 3 is 2.52 bits per heavy atom. The van der Waals surface area contributed by atoms with Crippen molar-refractivity contribution in [3.8, 4) is 5.75 Å². The monoisotopic (exact) mass is 304 g/mol. The number of nitrogens with one attached hydrogen (secondary N) is 1. The van der Waals surface area contributed by atoms with E-state index in [0.29, 0.717) is 22.0 Å². The molecule has 3 N–H and O–H groups in total. The molecule has 0 aliphatic carbocycles. The standard InChI is InChI=1S/C15H13ClN2O3/c1-21-13-7-6-9(14(17)19)8-12(13)18-15(20)10-4-2-3-5-11(10)16/h2-8H,1H3,(H2,17,19)(H,18,20). The first-order valence-electron chi connectivity index (χ1n) is 6.06. The van der Waals surface area contributed by atoms with Crippen LogP contribution in [0.25, 0.3) is 0 Å². The van der Waals surface area contributed by atoms with Gasteiger partial charge >= 0.3 is 0 Å². The van der Waals surface area contributed by atoms with E-state index in [9.17, 15) is 9.59 Å². The summed E-state index contributed by atoms with van der Waals surface area (Å²) in [5, 5.41) is 2.99. The van der Waals surface area contributed by atoms with Gasteiger partial charge in [0, 0.05) is 5.56 Å². The number of amides is 2. The Balaban J connectivity index is 2.34. The molecule has 21 heavy (non-hydrogen) atoms. The Morgan fingerprint density at radius 2 is 1.90 bits per heavy atom. The van der Waals surface area contributed by atoms with Gasteiger partial charge in [-0.05, 0) is 30.3 Å². The molecule has 0 heterocycles. The molecule has 2 rings (SSSR count). The van der Waals surface area contributed by atoms with E-state index in [4.69, 9.17) is 22.1 Å². The smallest absolute Gasteiger partial charge is 0.257 e. The third kappa shape index (κ3) is 3.32. The van der Waals surface area contributed by atoms with Gasteiger partial charge in [0.2, 0.25) is 5.91 Å². The van der Waals surface area contributed by atoms with Crippen LogP contribution in [0.15, 0.2) is 42.5 Å². The van der Waals surface area contributed by atoms with E-state index in [1.54, 1.807) is 30.3 Å². The lowest BCUT2D eigenvalue weighted by Gasteiger charge is -2.11. The van der Waals surface area contributed by atoms with Crippen molar-refractivity contribution in [2.24, 2.45) is 5.73 Å². The third-order valence-electron chi connectivity index (χ3n) is 2.85. The molecule has 0 saturated heterocycles. The number of carbonyl (C=O) groups excluding carboxylic acids is 2. The molecule has 0 radical (unpaired) electrons. The minimum Gasteiger partial charge on any atom is -0.495 e. The molecule has 0 aromatic heterocycles. The number of methoxy groups -OCH3 is 1. The van der Waals surface area contributed by atoms with Crippen LogP contribution in [0.5, 0.6) is 5.75 Å². The van der Waals surface area contributed by atoms with Crippen LogP contribution in [0.3, 0.4) is 0 Å². The Kier molecular flexibility index (Phi) is 4.45. The lowest BCUT2D eigenvalue weighted by Crippen LogP contribution is -2.15. The van der Waals surface area contributed by atoms with E-state index >= 15 is 0 Å². The largest absolute Gasteiger partial charge is 0.495 e. The van der Waals surface area contributed by atoms with Crippen LogP contribution < -0.4 is 15.8 Å². The summed E-state index contributed by atoms with van der Waals surface area (Å²) < 4.78 is 5.15. The second-order valence-electron chi connectivity index (χ2n) is 4.21. The Hall–Kier alpha value is -2.53. The average Bonchev–Trinajstić information content (AvgIpc) is 2.47. The predicted octanol–water partition coefficient (Wildman–Crippen LogP) is 2.70. The lowest BCUT2D eigenvalue weighted by atomic mass is 10.1. The fraction of sp³-hybridized carbons (Fsp3) is 0.0667. The quantitative estimate of drug-likeness (QED) is 0.911. The SMILES string of the molecule is COc1ccc(C(N)=O)cc1NC(=O)c1ccccc1Cl. The van der Waals surface area contributed by atoms with Crippen LogP contribution in [-0.2, 0) is 0 Å². The second kappa shape index (κ2) is 6.28. The van der Waals surface area contributed by atoms with Crippen LogP contribution in [0, 0.1) is 0 Å². The van der Waals surface area contributed by atoms with Crippen molar-refractivity contribution in [3.05, 3.63) is 58.6 Å². The second-order valence-corrected chi connectivity index (χ2v) is 4.62. The van der Waals surface area contributed by atoms with Gasteiger partial charge in [-0.1, -0.05) is 23.7 Å². The highest BCUT2D eigenvalue weighted by Crippen LogP contribution is 2.26. The van der Waals surface area contributed by atoms with E-state index in [1.807, 2.05) is 0 Å². The first kappa shape index (κ1) is 14.9. The maximum absolute atomic E-state index is 12.2. The molecular weight excluding hydrogens is 292 g/mol. The van der Waals surface area contributed by atoms with Gasteiger partial charge in [-0.15, -0.1) is 0 Å². The summed E-state index contributed by atoms with van der Waals surface area (Å²) in [6, 6.07) is 11.2. The molecule has 2 aromatic carbocycles. The van der Waals surface area contributed by atoms with Crippen LogP contribution in [0.4, 0.5) is 5.69 Å². The summed E-state index contributed by atoms with van der Waals surface area (Å²) >= 11 is 5.97. The highest BCUT2D eigenvalue weighted by atomic mass is 35.5. The van der Waals surface area contributed by atoms with Gasteiger partial charge in [0.05, 0.1) is 23.4 Å². The normalized spacial score (nSPS) is 10.0. The van der Waals surface area contributed by atoms with Crippen molar-refractivity contribution in [2.45, 2.75) is 0 Å². The molecule has 0 aliphatic rings.